The Kier molecular flexibility index (Phi) is 4.01. The predicted molar refractivity (Wildman–Crippen MR) is 97.8 cm³/mol. The molecule has 2 aromatic heterocycles. The number of nitrogens with one attached hydrogen (secondary N) is 1. The predicted octanol–water partition coefficient (Wildman–Crippen LogP) is 4.28. The third kappa shape index (κ3) is 3.21. The topological polar surface area (TPSA) is 81.2 Å². The maximum Gasteiger partial charge on any atom is 0.322 e. The molecule has 0 radical (unpaired) electrons. The van der Waals surface area contributed by atoms with Crippen molar-refractivity contribution in [1.82, 2.24) is 10.2 Å². The summed E-state index contributed by atoms with van der Waals surface area (Å²) in [6.45, 7) is 4.06. The Morgan fingerprint density at radius 1 is 1.00 bits per heavy atom. The van der Waals surface area contributed by atoms with Gasteiger partial charge >= 0.3 is 6.01 Å². The lowest BCUT2D eigenvalue weighted by molar-refractivity contribution is -0.115. The number of furan rings is 1. The van der Waals surface area contributed by atoms with Crippen LogP contribution in [0.4, 0.5) is 6.01 Å². The fourth-order valence-corrected chi connectivity index (χ4v) is 2.72. The molecule has 0 aliphatic carbocycles. The fourth-order valence-electron chi connectivity index (χ4n) is 2.72. The van der Waals surface area contributed by atoms with Crippen LogP contribution in [-0.2, 0) is 11.2 Å². The van der Waals surface area contributed by atoms with Gasteiger partial charge in [-0.1, -0.05) is 41.5 Å². The van der Waals surface area contributed by atoms with Gasteiger partial charge in [0, 0.05) is 5.39 Å². The van der Waals surface area contributed by atoms with Crippen LogP contribution in [0.1, 0.15) is 16.7 Å². The van der Waals surface area contributed by atoms with Gasteiger partial charge in [0.25, 0.3) is 5.89 Å². The highest BCUT2D eigenvalue weighted by molar-refractivity contribution is 5.90. The van der Waals surface area contributed by atoms with E-state index in [2.05, 4.69) is 15.5 Å². The second-order valence-corrected chi connectivity index (χ2v) is 6.20. The van der Waals surface area contributed by atoms with E-state index < -0.39 is 0 Å². The van der Waals surface area contributed by atoms with Crippen molar-refractivity contribution in [3.05, 3.63) is 65.2 Å². The average Bonchev–Trinajstić information content (AvgIpc) is 3.24. The van der Waals surface area contributed by atoms with Crippen LogP contribution < -0.4 is 5.32 Å². The van der Waals surface area contributed by atoms with Crippen molar-refractivity contribution in [2.45, 2.75) is 20.3 Å². The fraction of sp³-hybridized carbons (Fsp3) is 0.150. The third-order valence-corrected chi connectivity index (χ3v) is 4.24. The Morgan fingerprint density at radius 3 is 2.65 bits per heavy atom. The van der Waals surface area contributed by atoms with Crippen molar-refractivity contribution in [2.24, 2.45) is 0 Å². The van der Waals surface area contributed by atoms with Crippen LogP contribution in [0.3, 0.4) is 0 Å². The highest BCUT2D eigenvalue weighted by Gasteiger charge is 2.15. The molecule has 0 aliphatic heterocycles. The standard InChI is InChI=1S/C20H17N3O3/c1-12-7-8-14(9-13(12)2)10-18(24)21-20-23-22-19(26-20)17-11-15-5-3-4-6-16(15)25-17/h3-9,11H,10H2,1-2H3,(H,21,23,24). The second kappa shape index (κ2) is 6.48. The number of benzene rings is 2. The van der Waals surface area contributed by atoms with Crippen molar-refractivity contribution in [3.8, 4) is 11.7 Å². The van der Waals surface area contributed by atoms with E-state index in [9.17, 15) is 4.79 Å². The van der Waals surface area contributed by atoms with E-state index in [1.807, 2.05) is 62.4 Å². The number of carbonyl (C=O) groups is 1. The summed E-state index contributed by atoms with van der Waals surface area (Å²) in [6.07, 6.45) is 0.240. The number of aromatic nitrogens is 2. The number of nitrogens with zero attached hydrogens (tertiary/aromatic N) is 2. The summed E-state index contributed by atoms with van der Waals surface area (Å²) in [7, 11) is 0. The van der Waals surface area contributed by atoms with Crippen LogP contribution in [0.15, 0.2) is 57.4 Å². The molecule has 0 saturated heterocycles. The van der Waals surface area contributed by atoms with Crippen LogP contribution >= 0.6 is 0 Å². The number of para-hydroxylation sites is 1. The van der Waals surface area contributed by atoms with Gasteiger partial charge in [-0.25, -0.2) is 0 Å². The first-order chi connectivity index (χ1) is 12.6. The molecule has 0 saturated carbocycles. The minimum atomic E-state index is -0.215. The number of carbonyl (C=O) groups excluding carboxylic acids is 1. The van der Waals surface area contributed by atoms with Gasteiger partial charge in [-0.2, -0.15) is 0 Å². The summed E-state index contributed by atoms with van der Waals surface area (Å²) in [6, 6.07) is 15.4. The number of hydrogen-bond donors (Lipinski definition) is 1. The van der Waals surface area contributed by atoms with Gasteiger partial charge in [0.15, 0.2) is 5.76 Å². The number of anilines is 1. The Balaban J connectivity index is 1.47. The SMILES string of the molecule is Cc1ccc(CC(=O)Nc2nnc(-c3cc4ccccc4o3)o2)cc1C. The maximum atomic E-state index is 12.2. The molecule has 0 aliphatic rings. The van der Waals surface area contributed by atoms with E-state index in [4.69, 9.17) is 8.83 Å². The van der Waals surface area contributed by atoms with E-state index in [1.54, 1.807) is 0 Å². The number of fused-ring (bicyclic) bond motifs is 1. The van der Waals surface area contributed by atoms with Gasteiger partial charge in [0.05, 0.1) is 6.42 Å². The number of aryl methyl sites for hydroxylation is 2. The molecule has 0 atom stereocenters. The molecule has 2 heterocycles. The van der Waals surface area contributed by atoms with Crippen LogP contribution in [0.2, 0.25) is 0 Å². The first-order valence-corrected chi connectivity index (χ1v) is 8.27. The van der Waals surface area contributed by atoms with Crippen molar-refractivity contribution in [1.29, 1.82) is 0 Å². The summed E-state index contributed by atoms with van der Waals surface area (Å²) in [5.41, 5.74) is 4.02. The Morgan fingerprint density at radius 2 is 1.85 bits per heavy atom. The van der Waals surface area contributed by atoms with Crippen LogP contribution in [0.5, 0.6) is 0 Å². The minimum absolute atomic E-state index is 0.0503. The molecule has 2 aromatic carbocycles. The lowest BCUT2D eigenvalue weighted by atomic mass is 10.0. The van der Waals surface area contributed by atoms with Gasteiger partial charge in [-0.3, -0.25) is 10.1 Å². The van der Waals surface area contributed by atoms with E-state index in [0.29, 0.717) is 5.76 Å². The molecule has 4 rings (SSSR count). The van der Waals surface area contributed by atoms with Crippen LogP contribution in [0.25, 0.3) is 22.6 Å². The van der Waals surface area contributed by atoms with Gasteiger partial charge in [0.2, 0.25) is 5.91 Å². The third-order valence-electron chi connectivity index (χ3n) is 4.24. The molecule has 0 bridgehead atoms. The molecule has 1 amide bonds. The molecule has 0 fully saturated rings. The lowest BCUT2D eigenvalue weighted by Crippen LogP contribution is -2.14. The molecule has 0 spiro atoms. The zero-order valence-electron chi connectivity index (χ0n) is 14.4. The monoisotopic (exact) mass is 347 g/mol. The zero-order chi connectivity index (χ0) is 18.1. The van der Waals surface area contributed by atoms with Crippen LogP contribution in [0, 0.1) is 13.8 Å². The van der Waals surface area contributed by atoms with E-state index >= 15 is 0 Å². The summed E-state index contributed by atoms with van der Waals surface area (Å²) in [4.78, 5) is 12.2. The normalized spacial score (nSPS) is 11.0. The number of rotatable bonds is 4. The average molecular weight is 347 g/mol. The number of hydrogen-bond acceptors (Lipinski definition) is 5. The molecule has 6 heteroatoms. The minimum Gasteiger partial charge on any atom is -0.451 e. The zero-order valence-corrected chi connectivity index (χ0v) is 14.4. The molecule has 0 unspecified atom stereocenters. The van der Waals surface area contributed by atoms with E-state index in [-0.39, 0.29) is 24.2 Å². The highest BCUT2D eigenvalue weighted by atomic mass is 16.4. The Hall–Kier alpha value is -3.41. The molecule has 6 nitrogen and oxygen atoms in total. The van der Waals surface area contributed by atoms with E-state index in [0.717, 1.165) is 22.1 Å². The first kappa shape index (κ1) is 16.1. The quantitative estimate of drug-likeness (QED) is 0.596. The summed E-state index contributed by atoms with van der Waals surface area (Å²) in [5.74, 6) is 0.476. The first-order valence-electron chi connectivity index (χ1n) is 8.27. The van der Waals surface area contributed by atoms with Crippen LogP contribution in [-0.4, -0.2) is 16.1 Å². The lowest BCUT2D eigenvalue weighted by Gasteiger charge is -2.04. The van der Waals surface area contributed by atoms with E-state index in [1.165, 1.54) is 5.56 Å². The second-order valence-electron chi connectivity index (χ2n) is 6.20. The van der Waals surface area contributed by atoms with Crippen molar-refractivity contribution in [3.63, 3.8) is 0 Å². The molecule has 26 heavy (non-hydrogen) atoms. The molecule has 4 aromatic rings. The Labute approximate surface area is 149 Å². The van der Waals surface area contributed by atoms with Crippen molar-refractivity contribution >= 4 is 22.9 Å². The van der Waals surface area contributed by atoms with Crippen molar-refractivity contribution < 1.29 is 13.6 Å². The summed E-state index contributed by atoms with van der Waals surface area (Å²) < 4.78 is 11.2. The molecular formula is C20H17N3O3. The highest BCUT2D eigenvalue weighted by Crippen LogP contribution is 2.27. The van der Waals surface area contributed by atoms with Gasteiger partial charge in [-0.15, -0.1) is 5.10 Å². The molecule has 1 N–H and O–H groups in total. The van der Waals surface area contributed by atoms with Gasteiger partial charge in [0.1, 0.15) is 5.58 Å². The molecule has 130 valence electrons. The Bertz CT molecular complexity index is 1060. The van der Waals surface area contributed by atoms with Gasteiger partial charge in [-0.05, 0) is 42.7 Å². The summed E-state index contributed by atoms with van der Waals surface area (Å²) in [5, 5.41) is 11.4. The smallest absolute Gasteiger partial charge is 0.322 e. The largest absolute Gasteiger partial charge is 0.451 e. The number of amides is 1. The summed E-state index contributed by atoms with van der Waals surface area (Å²) >= 11 is 0. The van der Waals surface area contributed by atoms with Gasteiger partial charge < -0.3 is 8.83 Å². The maximum absolute atomic E-state index is 12.2. The van der Waals surface area contributed by atoms with Crippen molar-refractivity contribution in [2.75, 3.05) is 5.32 Å². The molecular weight excluding hydrogens is 330 g/mol.